The minimum atomic E-state index is -0.611. The third-order valence-electron chi connectivity index (χ3n) is 2.07. The predicted octanol–water partition coefficient (Wildman–Crippen LogP) is 2.19. The van der Waals surface area contributed by atoms with Crippen LogP contribution in [0.15, 0.2) is 18.2 Å². The van der Waals surface area contributed by atoms with Gasteiger partial charge in [-0.1, -0.05) is 19.9 Å². The van der Waals surface area contributed by atoms with Gasteiger partial charge in [0.2, 0.25) is 0 Å². The van der Waals surface area contributed by atoms with Crippen LogP contribution in [0.3, 0.4) is 0 Å². The van der Waals surface area contributed by atoms with Crippen molar-refractivity contribution in [3.05, 3.63) is 29.6 Å². The van der Waals surface area contributed by atoms with E-state index in [-0.39, 0.29) is 17.7 Å². The lowest BCUT2D eigenvalue weighted by atomic mass is 9.97. The Kier molecular flexibility index (Phi) is 2.88. The quantitative estimate of drug-likeness (QED) is 0.738. The summed E-state index contributed by atoms with van der Waals surface area (Å²) in [6.45, 7) is 3.95. The van der Waals surface area contributed by atoms with Gasteiger partial charge in [-0.05, 0) is 23.6 Å². The molecule has 0 amide bonds. The molecule has 1 rings (SSSR count). The van der Waals surface area contributed by atoms with Crippen molar-refractivity contribution in [2.24, 2.45) is 11.7 Å². The zero-order valence-corrected chi connectivity index (χ0v) is 7.79. The van der Waals surface area contributed by atoms with Crippen molar-refractivity contribution in [2.75, 3.05) is 0 Å². The van der Waals surface area contributed by atoms with Crippen LogP contribution < -0.4 is 5.73 Å². The molecule has 13 heavy (non-hydrogen) atoms. The monoisotopic (exact) mass is 183 g/mol. The summed E-state index contributed by atoms with van der Waals surface area (Å²) < 4.78 is 12.7. The van der Waals surface area contributed by atoms with Gasteiger partial charge >= 0.3 is 0 Å². The maximum atomic E-state index is 12.7. The van der Waals surface area contributed by atoms with Gasteiger partial charge in [0, 0.05) is 6.04 Å². The fourth-order valence-electron chi connectivity index (χ4n) is 1.12. The lowest BCUT2D eigenvalue weighted by molar-refractivity contribution is 0.428. The molecule has 0 spiro atoms. The van der Waals surface area contributed by atoms with Crippen LogP contribution in [-0.2, 0) is 0 Å². The molecule has 3 heteroatoms. The summed E-state index contributed by atoms with van der Waals surface area (Å²) in [7, 11) is 0. The van der Waals surface area contributed by atoms with Gasteiger partial charge in [0.15, 0.2) is 11.6 Å². The Labute approximate surface area is 77.2 Å². The van der Waals surface area contributed by atoms with E-state index in [0.29, 0.717) is 0 Å². The van der Waals surface area contributed by atoms with E-state index in [0.717, 1.165) is 5.56 Å². The standard InChI is InChI=1S/C10H14FNO/c1-6(2)10(12)7-3-4-8(11)9(13)5-7/h3-6,10,13H,12H2,1-2H3/t10-/m0/s1. The lowest BCUT2D eigenvalue weighted by Gasteiger charge is -2.15. The Balaban J connectivity index is 2.97. The molecule has 0 aliphatic rings. The minimum absolute atomic E-state index is 0.161. The van der Waals surface area contributed by atoms with Crippen molar-refractivity contribution in [3.8, 4) is 5.75 Å². The molecule has 0 saturated heterocycles. The number of aromatic hydroxyl groups is 1. The van der Waals surface area contributed by atoms with Crippen LogP contribution in [0.5, 0.6) is 5.75 Å². The number of benzene rings is 1. The fraction of sp³-hybridized carbons (Fsp3) is 0.400. The van der Waals surface area contributed by atoms with E-state index in [9.17, 15) is 4.39 Å². The van der Waals surface area contributed by atoms with Gasteiger partial charge in [-0.3, -0.25) is 0 Å². The summed E-state index contributed by atoms with van der Waals surface area (Å²) >= 11 is 0. The number of halogens is 1. The molecule has 0 fully saturated rings. The van der Waals surface area contributed by atoms with Crippen LogP contribution in [0.4, 0.5) is 4.39 Å². The van der Waals surface area contributed by atoms with Crippen molar-refractivity contribution < 1.29 is 9.50 Å². The topological polar surface area (TPSA) is 46.2 Å². The summed E-state index contributed by atoms with van der Waals surface area (Å²) in [4.78, 5) is 0. The maximum Gasteiger partial charge on any atom is 0.164 e. The molecule has 2 nitrogen and oxygen atoms in total. The van der Waals surface area contributed by atoms with Gasteiger partial charge in [0.25, 0.3) is 0 Å². The van der Waals surface area contributed by atoms with Crippen LogP contribution in [0.1, 0.15) is 25.5 Å². The molecule has 0 aliphatic heterocycles. The smallest absolute Gasteiger partial charge is 0.164 e. The van der Waals surface area contributed by atoms with Crippen LogP contribution in [0.25, 0.3) is 0 Å². The van der Waals surface area contributed by atoms with E-state index >= 15 is 0 Å². The predicted molar refractivity (Wildman–Crippen MR) is 49.8 cm³/mol. The SMILES string of the molecule is CC(C)[C@H](N)c1ccc(F)c(O)c1. The summed E-state index contributed by atoms with van der Waals surface area (Å²) in [5.41, 5.74) is 6.58. The number of phenols is 1. The first kappa shape index (κ1) is 9.99. The molecule has 3 N–H and O–H groups in total. The van der Waals surface area contributed by atoms with Gasteiger partial charge in [-0.15, -0.1) is 0 Å². The van der Waals surface area contributed by atoms with E-state index in [1.165, 1.54) is 12.1 Å². The highest BCUT2D eigenvalue weighted by Gasteiger charge is 2.11. The Morgan fingerprint density at radius 2 is 2.00 bits per heavy atom. The molecule has 0 aromatic heterocycles. The largest absolute Gasteiger partial charge is 0.505 e. The molecular weight excluding hydrogens is 169 g/mol. The zero-order valence-electron chi connectivity index (χ0n) is 7.79. The summed E-state index contributed by atoms with van der Waals surface area (Å²) in [6, 6.07) is 4.04. The number of rotatable bonds is 2. The summed E-state index contributed by atoms with van der Waals surface area (Å²) in [5, 5.41) is 9.10. The maximum absolute atomic E-state index is 12.7. The summed E-state index contributed by atoms with van der Waals surface area (Å²) in [5.74, 6) is -0.682. The molecule has 0 bridgehead atoms. The van der Waals surface area contributed by atoms with Crippen molar-refractivity contribution in [1.82, 2.24) is 0 Å². The second-order valence-corrected chi connectivity index (χ2v) is 3.48. The molecule has 1 aromatic rings. The Hall–Kier alpha value is -1.09. The van der Waals surface area contributed by atoms with Gasteiger partial charge in [-0.25, -0.2) is 4.39 Å². The summed E-state index contributed by atoms with van der Waals surface area (Å²) in [6.07, 6.45) is 0. The zero-order chi connectivity index (χ0) is 10.0. The average Bonchev–Trinajstić information content (AvgIpc) is 2.08. The van der Waals surface area contributed by atoms with E-state index in [2.05, 4.69) is 0 Å². The normalized spacial score (nSPS) is 13.3. The molecule has 72 valence electrons. The Morgan fingerprint density at radius 1 is 1.38 bits per heavy atom. The molecule has 0 heterocycles. The van der Waals surface area contributed by atoms with Crippen LogP contribution in [0, 0.1) is 11.7 Å². The molecule has 1 atom stereocenters. The van der Waals surface area contributed by atoms with E-state index < -0.39 is 5.82 Å². The van der Waals surface area contributed by atoms with Gasteiger partial charge in [0.1, 0.15) is 0 Å². The highest BCUT2D eigenvalue weighted by Crippen LogP contribution is 2.24. The molecule has 0 radical (unpaired) electrons. The van der Waals surface area contributed by atoms with Crippen molar-refractivity contribution >= 4 is 0 Å². The third kappa shape index (κ3) is 2.18. The van der Waals surface area contributed by atoms with Gasteiger partial charge in [0.05, 0.1) is 0 Å². The number of nitrogens with two attached hydrogens (primary N) is 1. The molecule has 0 unspecified atom stereocenters. The Bertz CT molecular complexity index is 299. The molecule has 1 aromatic carbocycles. The van der Waals surface area contributed by atoms with E-state index in [1.807, 2.05) is 13.8 Å². The van der Waals surface area contributed by atoms with E-state index in [1.54, 1.807) is 6.07 Å². The first-order chi connectivity index (χ1) is 6.02. The van der Waals surface area contributed by atoms with Crippen LogP contribution in [0.2, 0.25) is 0 Å². The highest BCUT2D eigenvalue weighted by molar-refractivity contribution is 5.30. The minimum Gasteiger partial charge on any atom is -0.505 e. The Morgan fingerprint density at radius 3 is 2.46 bits per heavy atom. The first-order valence-corrected chi connectivity index (χ1v) is 4.26. The first-order valence-electron chi connectivity index (χ1n) is 4.26. The van der Waals surface area contributed by atoms with Crippen molar-refractivity contribution in [2.45, 2.75) is 19.9 Å². The second kappa shape index (κ2) is 3.75. The van der Waals surface area contributed by atoms with Crippen LogP contribution >= 0.6 is 0 Å². The van der Waals surface area contributed by atoms with Crippen LogP contribution in [-0.4, -0.2) is 5.11 Å². The molecule has 0 aliphatic carbocycles. The molecular formula is C10H14FNO. The fourth-order valence-corrected chi connectivity index (χ4v) is 1.12. The van der Waals surface area contributed by atoms with Gasteiger partial charge < -0.3 is 10.8 Å². The molecule has 0 saturated carbocycles. The number of hydrogen-bond donors (Lipinski definition) is 2. The average molecular weight is 183 g/mol. The van der Waals surface area contributed by atoms with E-state index in [4.69, 9.17) is 10.8 Å². The number of phenolic OH excluding ortho intramolecular Hbond substituents is 1. The lowest BCUT2D eigenvalue weighted by Crippen LogP contribution is -2.16. The second-order valence-electron chi connectivity index (χ2n) is 3.48. The number of hydrogen-bond acceptors (Lipinski definition) is 2. The van der Waals surface area contributed by atoms with Crippen molar-refractivity contribution in [3.63, 3.8) is 0 Å². The van der Waals surface area contributed by atoms with Crippen molar-refractivity contribution in [1.29, 1.82) is 0 Å². The third-order valence-corrected chi connectivity index (χ3v) is 2.07. The van der Waals surface area contributed by atoms with Gasteiger partial charge in [-0.2, -0.15) is 0 Å². The highest BCUT2D eigenvalue weighted by atomic mass is 19.1.